The molecule has 6 heteroatoms. The molecule has 132 valence electrons. The smallest absolute Gasteiger partial charge is 0.227 e. The van der Waals surface area contributed by atoms with Crippen molar-refractivity contribution in [3.63, 3.8) is 0 Å². The molecule has 1 saturated heterocycles. The van der Waals surface area contributed by atoms with E-state index in [2.05, 4.69) is 4.90 Å². The van der Waals surface area contributed by atoms with Crippen LogP contribution in [-0.2, 0) is 11.2 Å². The highest BCUT2D eigenvalue weighted by molar-refractivity contribution is 6.30. The average molecular weight is 363 g/mol. The minimum absolute atomic E-state index is 0.0596. The van der Waals surface area contributed by atoms with E-state index in [1.807, 2.05) is 24.3 Å². The van der Waals surface area contributed by atoms with Crippen molar-refractivity contribution in [2.45, 2.75) is 6.42 Å². The van der Waals surface area contributed by atoms with E-state index in [1.54, 1.807) is 24.1 Å². The van der Waals surface area contributed by atoms with Gasteiger partial charge in [0.2, 0.25) is 5.91 Å². The molecule has 0 aliphatic carbocycles. The normalized spacial score (nSPS) is 14.5. The maximum atomic E-state index is 13.8. The molecule has 0 N–H and O–H groups in total. The Morgan fingerprint density at radius 2 is 1.80 bits per heavy atom. The van der Waals surface area contributed by atoms with Crippen molar-refractivity contribution in [2.24, 2.45) is 0 Å². The van der Waals surface area contributed by atoms with Crippen LogP contribution in [0.5, 0.6) is 5.75 Å². The fourth-order valence-corrected chi connectivity index (χ4v) is 3.11. The summed E-state index contributed by atoms with van der Waals surface area (Å²) in [4.78, 5) is 16.4. The zero-order valence-corrected chi connectivity index (χ0v) is 14.8. The second-order valence-corrected chi connectivity index (χ2v) is 6.41. The van der Waals surface area contributed by atoms with Crippen LogP contribution in [0.25, 0.3) is 0 Å². The minimum Gasteiger partial charge on any atom is -0.497 e. The molecule has 2 aromatic rings. The first-order valence-corrected chi connectivity index (χ1v) is 8.55. The van der Waals surface area contributed by atoms with Gasteiger partial charge in [0.05, 0.1) is 13.5 Å². The van der Waals surface area contributed by atoms with Crippen LogP contribution in [0.15, 0.2) is 42.5 Å². The van der Waals surface area contributed by atoms with Crippen LogP contribution in [-0.4, -0.2) is 44.1 Å². The first kappa shape index (κ1) is 17.5. The number of hydrogen-bond acceptors (Lipinski definition) is 3. The topological polar surface area (TPSA) is 32.8 Å². The summed E-state index contributed by atoms with van der Waals surface area (Å²) < 4.78 is 19.0. The molecule has 1 aliphatic heterocycles. The number of hydrogen-bond donors (Lipinski definition) is 0. The molecule has 4 nitrogen and oxygen atoms in total. The quantitative estimate of drug-likeness (QED) is 0.836. The standard InChI is InChI=1S/C19H20ClFN2O2/c1-25-17-6-4-16(5-7-17)22-8-10-23(11-9-22)19(24)12-14-2-3-15(20)13-18(14)21/h2-7,13H,8-12H2,1H3. The lowest BCUT2D eigenvalue weighted by Gasteiger charge is -2.36. The average Bonchev–Trinajstić information content (AvgIpc) is 2.64. The van der Waals surface area contributed by atoms with Gasteiger partial charge in [-0.25, -0.2) is 4.39 Å². The fourth-order valence-electron chi connectivity index (χ4n) is 2.95. The van der Waals surface area contributed by atoms with E-state index in [4.69, 9.17) is 16.3 Å². The van der Waals surface area contributed by atoms with Crippen molar-refractivity contribution in [1.82, 2.24) is 4.90 Å². The molecule has 0 bridgehead atoms. The fraction of sp³-hybridized carbons (Fsp3) is 0.316. The zero-order chi connectivity index (χ0) is 17.8. The Bertz CT molecular complexity index is 744. The van der Waals surface area contributed by atoms with Crippen molar-refractivity contribution in [1.29, 1.82) is 0 Å². The summed E-state index contributed by atoms with van der Waals surface area (Å²) in [6, 6.07) is 12.3. The van der Waals surface area contributed by atoms with Crippen molar-refractivity contribution in [3.8, 4) is 5.75 Å². The maximum Gasteiger partial charge on any atom is 0.227 e. The molecular weight excluding hydrogens is 343 g/mol. The van der Waals surface area contributed by atoms with E-state index < -0.39 is 5.82 Å². The van der Waals surface area contributed by atoms with Gasteiger partial charge in [0.1, 0.15) is 11.6 Å². The molecule has 0 spiro atoms. The van der Waals surface area contributed by atoms with Gasteiger partial charge in [-0.05, 0) is 42.0 Å². The lowest BCUT2D eigenvalue weighted by Crippen LogP contribution is -2.49. The molecule has 1 heterocycles. The predicted octanol–water partition coefficient (Wildman–Crippen LogP) is 3.38. The van der Waals surface area contributed by atoms with Crippen LogP contribution in [0.1, 0.15) is 5.56 Å². The Kier molecular flexibility index (Phi) is 5.43. The minimum atomic E-state index is -0.433. The maximum absolute atomic E-state index is 13.8. The molecule has 1 fully saturated rings. The van der Waals surface area contributed by atoms with Crippen molar-refractivity contribution < 1.29 is 13.9 Å². The number of anilines is 1. The third-order valence-electron chi connectivity index (χ3n) is 4.43. The second-order valence-electron chi connectivity index (χ2n) is 5.98. The van der Waals surface area contributed by atoms with Crippen molar-refractivity contribution in [3.05, 3.63) is 58.9 Å². The van der Waals surface area contributed by atoms with Crippen LogP contribution >= 0.6 is 11.6 Å². The number of benzene rings is 2. The van der Waals surface area contributed by atoms with E-state index in [0.717, 1.165) is 24.5 Å². The first-order valence-electron chi connectivity index (χ1n) is 8.17. The summed E-state index contributed by atoms with van der Waals surface area (Å²) in [6.45, 7) is 2.75. The van der Waals surface area contributed by atoms with Gasteiger partial charge >= 0.3 is 0 Å². The van der Waals surface area contributed by atoms with Crippen LogP contribution in [0.3, 0.4) is 0 Å². The molecule has 0 saturated carbocycles. The molecule has 0 aromatic heterocycles. The molecule has 0 atom stereocenters. The highest BCUT2D eigenvalue weighted by Crippen LogP contribution is 2.21. The molecule has 0 radical (unpaired) electrons. The Morgan fingerprint density at radius 1 is 1.12 bits per heavy atom. The SMILES string of the molecule is COc1ccc(N2CCN(C(=O)Cc3ccc(Cl)cc3F)CC2)cc1. The summed E-state index contributed by atoms with van der Waals surface area (Å²) in [5, 5.41) is 0.335. The van der Waals surface area contributed by atoms with E-state index in [-0.39, 0.29) is 12.3 Å². The lowest BCUT2D eigenvalue weighted by molar-refractivity contribution is -0.130. The number of nitrogens with zero attached hydrogens (tertiary/aromatic N) is 2. The van der Waals surface area contributed by atoms with Crippen LogP contribution < -0.4 is 9.64 Å². The summed E-state index contributed by atoms with van der Waals surface area (Å²) in [7, 11) is 1.64. The summed E-state index contributed by atoms with van der Waals surface area (Å²) in [5.74, 6) is 0.330. The number of carbonyl (C=O) groups excluding carboxylic acids is 1. The highest BCUT2D eigenvalue weighted by atomic mass is 35.5. The summed E-state index contributed by atoms with van der Waals surface area (Å²) >= 11 is 5.75. The van der Waals surface area contributed by atoms with Crippen molar-refractivity contribution in [2.75, 3.05) is 38.2 Å². The van der Waals surface area contributed by atoms with Gasteiger partial charge in [0.15, 0.2) is 0 Å². The molecule has 25 heavy (non-hydrogen) atoms. The number of piperazine rings is 1. The second kappa shape index (κ2) is 7.74. The highest BCUT2D eigenvalue weighted by Gasteiger charge is 2.22. The van der Waals surface area contributed by atoms with Crippen LogP contribution in [0.2, 0.25) is 5.02 Å². The molecule has 1 amide bonds. The number of halogens is 2. The number of amides is 1. The van der Waals surface area contributed by atoms with Crippen LogP contribution in [0.4, 0.5) is 10.1 Å². The number of rotatable bonds is 4. The first-order chi connectivity index (χ1) is 12.1. The van der Waals surface area contributed by atoms with Crippen LogP contribution in [0, 0.1) is 5.82 Å². The number of carbonyl (C=O) groups is 1. The van der Waals surface area contributed by atoms with Gasteiger partial charge in [-0.1, -0.05) is 17.7 Å². The monoisotopic (exact) mass is 362 g/mol. The van der Waals surface area contributed by atoms with E-state index in [9.17, 15) is 9.18 Å². The van der Waals surface area contributed by atoms with Gasteiger partial charge in [0, 0.05) is 36.9 Å². The lowest BCUT2D eigenvalue weighted by atomic mass is 10.1. The molecular formula is C19H20ClFN2O2. The number of ether oxygens (including phenoxy) is 1. The van der Waals surface area contributed by atoms with E-state index in [0.29, 0.717) is 23.7 Å². The number of methoxy groups -OCH3 is 1. The van der Waals surface area contributed by atoms with Crippen molar-refractivity contribution >= 4 is 23.2 Å². The van der Waals surface area contributed by atoms with E-state index >= 15 is 0 Å². The Labute approximate surface area is 151 Å². The Balaban J connectivity index is 1.56. The van der Waals surface area contributed by atoms with Gasteiger partial charge in [-0.3, -0.25) is 4.79 Å². The van der Waals surface area contributed by atoms with E-state index in [1.165, 1.54) is 6.07 Å². The van der Waals surface area contributed by atoms with Gasteiger partial charge in [0.25, 0.3) is 0 Å². The third kappa shape index (κ3) is 4.23. The molecule has 0 unspecified atom stereocenters. The van der Waals surface area contributed by atoms with Gasteiger partial charge in [-0.15, -0.1) is 0 Å². The predicted molar refractivity (Wildman–Crippen MR) is 96.9 cm³/mol. The summed E-state index contributed by atoms with van der Waals surface area (Å²) in [5.41, 5.74) is 1.49. The molecule has 1 aliphatic rings. The largest absolute Gasteiger partial charge is 0.497 e. The zero-order valence-electron chi connectivity index (χ0n) is 14.0. The Hall–Kier alpha value is -2.27. The van der Waals surface area contributed by atoms with Gasteiger partial charge in [-0.2, -0.15) is 0 Å². The molecule has 3 rings (SSSR count). The molecule has 2 aromatic carbocycles. The third-order valence-corrected chi connectivity index (χ3v) is 4.66. The Morgan fingerprint density at radius 3 is 2.40 bits per heavy atom. The van der Waals surface area contributed by atoms with Gasteiger partial charge < -0.3 is 14.5 Å². The summed E-state index contributed by atoms with van der Waals surface area (Å²) in [6.07, 6.45) is 0.0610.